The van der Waals surface area contributed by atoms with E-state index >= 15 is 0 Å². The van der Waals surface area contributed by atoms with Crippen LogP contribution >= 0.6 is 0 Å². The van der Waals surface area contributed by atoms with Crippen molar-refractivity contribution in [2.24, 2.45) is 4.99 Å². The highest BCUT2D eigenvalue weighted by Gasteiger charge is 2.42. The van der Waals surface area contributed by atoms with Crippen molar-refractivity contribution in [3.63, 3.8) is 0 Å². The standard InChI is InChI=1S/C30H29F2N5O3/c1-16(11-17-12-19(31)3-4-23(17)32)34-24-5-8-33-28(38)27(24)26-14-18-13-21-22(15-25(18)35-26)30(40)37(29(21)39)20-6-9-36(2)10-7-20/h3-5,8,12-13,15-16,20H,6-7,9-11,14H2,1-2H3,(H2,33,34,38). The van der Waals surface area contributed by atoms with Crippen LogP contribution in [0.3, 0.4) is 0 Å². The molecule has 3 aliphatic heterocycles. The third-order valence-corrected chi connectivity index (χ3v) is 7.97. The lowest BCUT2D eigenvalue weighted by Gasteiger charge is -2.33. The number of hydrogen-bond donors (Lipinski definition) is 2. The first-order valence-electron chi connectivity index (χ1n) is 13.4. The maximum atomic E-state index is 14.2. The number of nitrogens with one attached hydrogen (secondary N) is 2. The number of halogens is 2. The van der Waals surface area contributed by atoms with Gasteiger partial charge in [-0.15, -0.1) is 0 Å². The van der Waals surface area contributed by atoms with Crippen LogP contribution in [-0.4, -0.2) is 64.5 Å². The second kappa shape index (κ2) is 10.1. The van der Waals surface area contributed by atoms with Gasteiger partial charge in [0, 0.05) is 24.7 Å². The zero-order valence-electron chi connectivity index (χ0n) is 22.3. The molecule has 0 aliphatic carbocycles. The smallest absolute Gasteiger partial charge is 0.261 e. The topological polar surface area (TPSA) is 97.9 Å². The average molecular weight is 546 g/mol. The number of aliphatic imine (C=N–C) groups is 1. The Morgan fingerprint density at radius 1 is 1.05 bits per heavy atom. The van der Waals surface area contributed by atoms with Gasteiger partial charge in [0.15, 0.2) is 0 Å². The largest absolute Gasteiger partial charge is 0.382 e. The molecule has 4 heterocycles. The number of pyridine rings is 1. The van der Waals surface area contributed by atoms with E-state index in [-0.39, 0.29) is 41.4 Å². The number of nitrogens with zero attached hydrogens (tertiary/aromatic N) is 3. The Bertz CT molecular complexity index is 1620. The third-order valence-electron chi connectivity index (χ3n) is 7.97. The monoisotopic (exact) mass is 545 g/mol. The summed E-state index contributed by atoms with van der Waals surface area (Å²) in [5, 5.41) is 3.25. The number of fused-ring (bicyclic) bond motifs is 2. The minimum absolute atomic E-state index is 0.114. The van der Waals surface area contributed by atoms with Gasteiger partial charge in [-0.05, 0) is 93.8 Å². The van der Waals surface area contributed by atoms with Crippen molar-refractivity contribution in [2.45, 2.75) is 44.7 Å². The molecule has 1 aromatic heterocycles. The molecule has 0 bridgehead atoms. The summed E-state index contributed by atoms with van der Waals surface area (Å²) in [6.45, 7) is 3.48. The summed E-state index contributed by atoms with van der Waals surface area (Å²) < 4.78 is 27.8. The Balaban J connectivity index is 1.26. The zero-order chi connectivity index (χ0) is 28.1. The molecule has 0 radical (unpaired) electrons. The molecule has 8 nitrogen and oxygen atoms in total. The lowest BCUT2D eigenvalue weighted by Crippen LogP contribution is -2.46. The average Bonchev–Trinajstić information content (AvgIpc) is 3.43. The van der Waals surface area contributed by atoms with E-state index in [1.807, 2.05) is 14.0 Å². The highest BCUT2D eigenvalue weighted by Crippen LogP contribution is 2.37. The number of aromatic nitrogens is 1. The van der Waals surface area contributed by atoms with Crippen LogP contribution in [0.4, 0.5) is 20.2 Å². The maximum Gasteiger partial charge on any atom is 0.261 e. The zero-order valence-corrected chi connectivity index (χ0v) is 22.3. The van der Waals surface area contributed by atoms with Crippen molar-refractivity contribution in [3.8, 4) is 0 Å². The normalized spacial score (nSPS) is 18.1. The second-order valence-electron chi connectivity index (χ2n) is 10.9. The molecule has 10 heteroatoms. The fraction of sp³-hybridized carbons (Fsp3) is 0.333. The molecule has 206 valence electrons. The summed E-state index contributed by atoms with van der Waals surface area (Å²) in [7, 11) is 2.03. The summed E-state index contributed by atoms with van der Waals surface area (Å²) in [5.74, 6) is -1.58. The fourth-order valence-electron chi connectivity index (χ4n) is 5.91. The van der Waals surface area contributed by atoms with Crippen LogP contribution < -0.4 is 10.9 Å². The van der Waals surface area contributed by atoms with Crippen LogP contribution in [0.25, 0.3) is 0 Å². The summed E-state index contributed by atoms with van der Waals surface area (Å²) in [6.07, 6.45) is 3.53. The van der Waals surface area contributed by atoms with E-state index in [4.69, 9.17) is 4.99 Å². The van der Waals surface area contributed by atoms with Crippen LogP contribution in [0.2, 0.25) is 0 Å². The van der Waals surface area contributed by atoms with Gasteiger partial charge < -0.3 is 15.2 Å². The summed E-state index contributed by atoms with van der Waals surface area (Å²) in [6, 6.07) is 7.99. The van der Waals surface area contributed by atoms with E-state index in [2.05, 4.69) is 15.2 Å². The number of amides is 2. The number of hydrogen-bond acceptors (Lipinski definition) is 6. The third kappa shape index (κ3) is 4.62. The molecule has 40 heavy (non-hydrogen) atoms. The highest BCUT2D eigenvalue weighted by atomic mass is 19.1. The SMILES string of the molecule is CC(Cc1cc(F)ccc1F)Nc1cc[nH]c(=O)c1C1=Nc2cc3c(cc2C1)C(=O)N(C1CCN(C)CC1)C3=O. The van der Waals surface area contributed by atoms with E-state index in [9.17, 15) is 23.2 Å². The molecule has 0 saturated carbocycles. The van der Waals surface area contributed by atoms with Crippen LogP contribution in [-0.2, 0) is 12.8 Å². The van der Waals surface area contributed by atoms with Crippen LogP contribution in [0.1, 0.15) is 57.2 Å². The lowest BCUT2D eigenvalue weighted by molar-refractivity contribution is 0.0516. The van der Waals surface area contributed by atoms with Crippen molar-refractivity contribution >= 4 is 28.9 Å². The quantitative estimate of drug-likeness (QED) is 0.456. The van der Waals surface area contributed by atoms with Gasteiger partial charge in [0.25, 0.3) is 17.4 Å². The molecule has 0 spiro atoms. The Labute approximate surface area is 229 Å². The van der Waals surface area contributed by atoms with Crippen LogP contribution in [0.15, 0.2) is 52.4 Å². The second-order valence-corrected chi connectivity index (χ2v) is 10.9. The lowest BCUT2D eigenvalue weighted by atomic mass is 9.99. The van der Waals surface area contributed by atoms with E-state index in [0.717, 1.165) is 43.6 Å². The number of rotatable bonds is 6. The molecule has 3 aromatic rings. The molecule has 1 saturated heterocycles. The first-order valence-corrected chi connectivity index (χ1v) is 13.4. The van der Waals surface area contributed by atoms with Gasteiger partial charge in [-0.3, -0.25) is 24.3 Å². The van der Waals surface area contributed by atoms with Gasteiger partial charge in [-0.25, -0.2) is 8.78 Å². The first-order chi connectivity index (χ1) is 19.2. The van der Waals surface area contributed by atoms with Crippen LogP contribution in [0.5, 0.6) is 0 Å². The summed E-state index contributed by atoms with van der Waals surface area (Å²) >= 11 is 0. The molecular formula is C30H29F2N5O3. The molecule has 1 atom stereocenters. The minimum Gasteiger partial charge on any atom is -0.382 e. The van der Waals surface area contributed by atoms with Crippen molar-refractivity contribution in [1.82, 2.24) is 14.8 Å². The molecule has 1 fully saturated rings. The number of aromatic amines is 1. The number of benzene rings is 2. The number of anilines is 1. The van der Waals surface area contributed by atoms with Crippen LogP contribution in [0, 0.1) is 11.6 Å². The van der Waals surface area contributed by atoms with E-state index < -0.39 is 11.6 Å². The minimum atomic E-state index is -0.517. The number of H-pyrrole nitrogens is 1. The molecular weight excluding hydrogens is 516 g/mol. The van der Waals surface area contributed by atoms with Crippen molar-refractivity contribution < 1.29 is 18.4 Å². The molecule has 2 aromatic carbocycles. The van der Waals surface area contributed by atoms with Crippen molar-refractivity contribution in [2.75, 3.05) is 25.5 Å². The van der Waals surface area contributed by atoms with Gasteiger partial charge in [-0.1, -0.05) is 0 Å². The molecule has 2 amide bonds. The molecule has 2 N–H and O–H groups in total. The Kier molecular flexibility index (Phi) is 6.58. The Hall–Kier alpha value is -4.18. The van der Waals surface area contributed by atoms with Crippen molar-refractivity contribution in [3.05, 3.63) is 92.4 Å². The number of likely N-dealkylation sites (tertiary alicyclic amines) is 1. The van der Waals surface area contributed by atoms with E-state index in [0.29, 0.717) is 40.2 Å². The van der Waals surface area contributed by atoms with Gasteiger partial charge in [0.05, 0.1) is 33.8 Å². The molecule has 6 rings (SSSR count). The van der Waals surface area contributed by atoms with E-state index in [1.54, 1.807) is 18.2 Å². The van der Waals surface area contributed by atoms with Gasteiger partial charge in [0.1, 0.15) is 11.6 Å². The fourth-order valence-corrected chi connectivity index (χ4v) is 5.91. The van der Waals surface area contributed by atoms with E-state index in [1.165, 1.54) is 17.2 Å². The Morgan fingerprint density at radius 3 is 2.52 bits per heavy atom. The number of carbonyl (C=O) groups is 2. The predicted octanol–water partition coefficient (Wildman–Crippen LogP) is 4.06. The number of carbonyl (C=O) groups excluding carboxylic acids is 2. The van der Waals surface area contributed by atoms with Gasteiger partial charge >= 0.3 is 0 Å². The van der Waals surface area contributed by atoms with Crippen molar-refractivity contribution in [1.29, 1.82) is 0 Å². The number of imide groups is 1. The number of piperidine rings is 1. The maximum absolute atomic E-state index is 14.2. The predicted molar refractivity (Wildman–Crippen MR) is 148 cm³/mol. The molecule has 3 aliphatic rings. The molecule has 1 unspecified atom stereocenters. The first kappa shape index (κ1) is 26.1. The summed E-state index contributed by atoms with van der Waals surface area (Å²) in [5.41, 5.74) is 3.27. The van der Waals surface area contributed by atoms with Gasteiger partial charge in [-0.2, -0.15) is 0 Å². The van der Waals surface area contributed by atoms with Gasteiger partial charge in [0.2, 0.25) is 0 Å². The summed E-state index contributed by atoms with van der Waals surface area (Å²) in [4.78, 5) is 50.5. The highest BCUT2D eigenvalue weighted by molar-refractivity contribution is 6.22. The Morgan fingerprint density at radius 2 is 1.77 bits per heavy atom.